The molecule has 1 fully saturated rings. The molecule has 0 bridgehead atoms. The summed E-state index contributed by atoms with van der Waals surface area (Å²) in [4.78, 5) is 23.1. The summed E-state index contributed by atoms with van der Waals surface area (Å²) in [7, 11) is 1.73. The average Bonchev–Trinajstić information content (AvgIpc) is 3.02. The Labute approximate surface area is 275 Å². The lowest BCUT2D eigenvalue weighted by molar-refractivity contribution is -0.139. The van der Waals surface area contributed by atoms with Crippen molar-refractivity contribution < 1.29 is 19.4 Å². The highest BCUT2D eigenvalue weighted by molar-refractivity contribution is 5.79. The van der Waals surface area contributed by atoms with Crippen LogP contribution in [0.5, 0.6) is 0 Å². The standard InChI is InChI=1S/C36H67N5O4/c1-9-27(33(42)40-20-17-30(18-21-40)45-29-15-12-11-13-16-29)23-28(10-2)41(25-26(3)4)34(43)31-24-38-35(36(5,6)7)39-32(31)37-19-14-22-44-8/h15,24,26-28,30-32,34-35,37,39,43H,9-14,16-23,25H2,1-8H3/t27-,28+,31?,32?,34?,35?/m0/s1. The maximum atomic E-state index is 13.9. The summed E-state index contributed by atoms with van der Waals surface area (Å²) in [5.41, 5.74) is -0.0507. The molecule has 45 heavy (non-hydrogen) atoms. The number of carbonyl (C=O) groups is 1. The van der Waals surface area contributed by atoms with E-state index in [0.717, 1.165) is 83.3 Å². The van der Waals surface area contributed by atoms with Crippen molar-refractivity contribution in [2.45, 2.75) is 143 Å². The van der Waals surface area contributed by atoms with Crippen LogP contribution in [0.2, 0.25) is 0 Å². The molecule has 0 saturated carbocycles. The van der Waals surface area contributed by atoms with Crippen LogP contribution < -0.4 is 10.6 Å². The first-order chi connectivity index (χ1) is 21.5. The second kappa shape index (κ2) is 18.7. The average molecular weight is 634 g/mol. The molecule has 3 rings (SSSR count). The summed E-state index contributed by atoms with van der Waals surface area (Å²) < 4.78 is 11.6. The van der Waals surface area contributed by atoms with Crippen molar-refractivity contribution >= 4 is 12.1 Å². The van der Waals surface area contributed by atoms with Crippen molar-refractivity contribution in [3.8, 4) is 0 Å². The summed E-state index contributed by atoms with van der Waals surface area (Å²) in [6.45, 7) is 19.0. The zero-order valence-corrected chi connectivity index (χ0v) is 29.9. The third-order valence-electron chi connectivity index (χ3n) is 9.76. The molecular formula is C36H67N5O4. The number of aliphatic imine (C=N–C) groups is 1. The van der Waals surface area contributed by atoms with E-state index in [1.54, 1.807) is 7.11 Å². The van der Waals surface area contributed by atoms with Crippen LogP contribution in [-0.4, -0.2) is 97.6 Å². The van der Waals surface area contributed by atoms with Gasteiger partial charge in [-0.1, -0.05) is 48.5 Å². The van der Waals surface area contributed by atoms with Crippen molar-refractivity contribution in [1.82, 2.24) is 20.4 Å². The number of hydrogen-bond acceptors (Lipinski definition) is 8. The largest absolute Gasteiger partial charge is 0.495 e. The fourth-order valence-corrected chi connectivity index (χ4v) is 6.99. The number of hydrogen-bond donors (Lipinski definition) is 3. The Morgan fingerprint density at radius 2 is 1.93 bits per heavy atom. The van der Waals surface area contributed by atoms with Gasteiger partial charge in [-0.3, -0.25) is 20.0 Å². The van der Waals surface area contributed by atoms with Crippen LogP contribution in [-0.2, 0) is 14.3 Å². The number of aliphatic hydroxyl groups excluding tert-OH is 1. The van der Waals surface area contributed by atoms with Crippen molar-refractivity contribution in [1.29, 1.82) is 0 Å². The normalized spacial score (nSPS) is 25.4. The van der Waals surface area contributed by atoms with Gasteiger partial charge in [0.15, 0.2) is 0 Å². The first kappa shape index (κ1) is 37.9. The smallest absolute Gasteiger partial charge is 0.225 e. The number of nitrogens with zero attached hydrogens (tertiary/aromatic N) is 3. The van der Waals surface area contributed by atoms with E-state index < -0.39 is 6.23 Å². The Hall–Kier alpha value is -1.52. The molecule has 0 aromatic heterocycles. The Bertz CT molecular complexity index is 927. The van der Waals surface area contributed by atoms with E-state index in [-0.39, 0.29) is 47.6 Å². The number of allylic oxidation sites excluding steroid dienone is 2. The summed E-state index contributed by atoms with van der Waals surface area (Å²) in [5.74, 6) is 1.49. The quantitative estimate of drug-likeness (QED) is 0.143. The number of aliphatic hydroxyl groups is 1. The first-order valence-corrected chi connectivity index (χ1v) is 18.1. The van der Waals surface area contributed by atoms with Gasteiger partial charge < -0.3 is 24.8 Å². The topological polar surface area (TPSA) is 98.7 Å². The van der Waals surface area contributed by atoms with Crippen LogP contribution in [0.25, 0.3) is 0 Å². The lowest BCUT2D eigenvalue weighted by atomic mass is 9.88. The number of piperidine rings is 1. The van der Waals surface area contributed by atoms with Gasteiger partial charge in [-0.2, -0.15) is 0 Å². The molecule has 9 heteroatoms. The Morgan fingerprint density at radius 1 is 1.20 bits per heavy atom. The summed E-state index contributed by atoms with van der Waals surface area (Å²) in [6, 6.07) is 0.0818. The van der Waals surface area contributed by atoms with Gasteiger partial charge in [0.05, 0.1) is 17.8 Å². The molecule has 2 aliphatic heterocycles. The third-order valence-corrected chi connectivity index (χ3v) is 9.76. The third kappa shape index (κ3) is 11.6. The minimum atomic E-state index is -0.732. The monoisotopic (exact) mass is 634 g/mol. The van der Waals surface area contributed by atoms with Crippen LogP contribution in [0, 0.1) is 23.2 Å². The highest BCUT2D eigenvalue weighted by atomic mass is 16.5. The van der Waals surface area contributed by atoms with Crippen LogP contribution in [0.3, 0.4) is 0 Å². The number of amides is 1. The molecule has 3 aliphatic rings. The van der Waals surface area contributed by atoms with E-state index in [1.807, 2.05) is 6.21 Å². The number of nitrogens with one attached hydrogen (secondary N) is 2. The minimum absolute atomic E-state index is 0.0441. The maximum Gasteiger partial charge on any atom is 0.225 e. The van der Waals surface area contributed by atoms with E-state index in [1.165, 1.54) is 12.8 Å². The molecule has 0 aromatic rings. The van der Waals surface area contributed by atoms with Crippen LogP contribution in [0.1, 0.15) is 113 Å². The summed E-state index contributed by atoms with van der Waals surface area (Å²) in [6.07, 6.45) is 13.3. The van der Waals surface area contributed by atoms with Crippen molar-refractivity contribution in [2.24, 2.45) is 28.2 Å². The number of likely N-dealkylation sites (tertiary alicyclic amines) is 1. The summed E-state index contributed by atoms with van der Waals surface area (Å²) >= 11 is 0. The Kier molecular flexibility index (Phi) is 15.8. The van der Waals surface area contributed by atoms with Gasteiger partial charge in [0, 0.05) is 70.8 Å². The van der Waals surface area contributed by atoms with Crippen LogP contribution in [0.4, 0.5) is 0 Å². The van der Waals surface area contributed by atoms with Gasteiger partial charge in [0.25, 0.3) is 0 Å². The molecular weight excluding hydrogens is 566 g/mol. The number of rotatable bonds is 17. The summed E-state index contributed by atoms with van der Waals surface area (Å²) in [5, 5.41) is 19.5. The first-order valence-electron chi connectivity index (χ1n) is 18.1. The number of carbonyl (C=O) groups excluding carboxylic acids is 1. The molecule has 0 radical (unpaired) electrons. The van der Waals surface area contributed by atoms with E-state index in [0.29, 0.717) is 12.5 Å². The van der Waals surface area contributed by atoms with Crippen LogP contribution in [0.15, 0.2) is 16.8 Å². The van der Waals surface area contributed by atoms with Gasteiger partial charge in [0.1, 0.15) is 18.5 Å². The fraction of sp³-hybridized carbons (Fsp3) is 0.889. The van der Waals surface area contributed by atoms with Crippen molar-refractivity contribution in [3.63, 3.8) is 0 Å². The number of methoxy groups -OCH3 is 1. The molecule has 260 valence electrons. The molecule has 2 heterocycles. The zero-order valence-electron chi connectivity index (χ0n) is 29.9. The second-order valence-corrected chi connectivity index (χ2v) is 15.1. The van der Waals surface area contributed by atoms with Gasteiger partial charge in [0.2, 0.25) is 5.91 Å². The molecule has 3 N–H and O–H groups in total. The molecule has 0 aromatic carbocycles. The molecule has 1 saturated heterocycles. The predicted molar refractivity (Wildman–Crippen MR) is 184 cm³/mol. The lowest BCUT2D eigenvalue weighted by Gasteiger charge is -2.45. The van der Waals surface area contributed by atoms with E-state index in [9.17, 15) is 9.90 Å². The van der Waals surface area contributed by atoms with Gasteiger partial charge in [-0.15, -0.1) is 0 Å². The van der Waals surface area contributed by atoms with Gasteiger partial charge >= 0.3 is 0 Å². The lowest BCUT2D eigenvalue weighted by Crippen LogP contribution is -2.63. The molecule has 6 atom stereocenters. The Balaban J connectivity index is 1.70. The second-order valence-electron chi connectivity index (χ2n) is 15.1. The SMILES string of the molecule is CC[C@@H](C[C@@H](CC)N(CC(C)C)C(O)C1C=NC(C(C)(C)C)NC1NCCCOC)C(=O)N1CCC(OC2=CCCCC2)CC1. The highest BCUT2D eigenvalue weighted by Gasteiger charge is 2.40. The van der Waals surface area contributed by atoms with E-state index >= 15 is 0 Å². The van der Waals surface area contributed by atoms with E-state index in [4.69, 9.17) is 14.5 Å². The zero-order chi connectivity index (χ0) is 33.0. The molecule has 1 amide bonds. The molecule has 0 spiro atoms. The van der Waals surface area contributed by atoms with Crippen LogP contribution >= 0.6 is 0 Å². The minimum Gasteiger partial charge on any atom is -0.495 e. The number of ether oxygens (including phenoxy) is 2. The molecule has 4 unspecified atom stereocenters. The molecule has 9 nitrogen and oxygen atoms in total. The van der Waals surface area contributed by atoms with E-state index in [2.05, 4.69) is 75.0 Å². The Morgan fingerprint density at radius 3 is 2.51 bits per heavy atom. The highest BCUT2D eigenvalue weighted by Crippen LogP contribution is 2.30. The predicted octanol–water partition coefficient (Wildman–Crippen LogP) is 5.54. The van der Waals surface area contributed by atoms with Gasteiger partial charge in [-0.05, 0) is 68.9 Å². The van der Waals surface area contributed by atoms with Crippen molar-refractivity contribution in [3.05, 3.63) is 11.8 Å². The van der Waals surface area contributed by atoms with Crippen molar-refractivity contribution in [2.75, 3.05) is 39.9 Å². The molecule has 1 aliphatic carbocycles. The van der Waals surface area contributed by atoms with Gasteiger partial charge in [-0.25, -0.2) is 0 Å². The maximum absolute atomic E-state index is 13.9. The fourth-order valence-electron chi connectivity index (χ4n) is 6.99.